The molecule has 4 fully saturated rings. The highest BCUT2D eigenvalue weighted by Gasteiger charge is 2.69. The molecule has 4 rings (SSSR count). The maximum absolute atomic E-state index is 11.6. The topological polar surface area (TPSA) is 80.9 Å². The summed E-state index contributed by atoms with van der Waals surface area (Å²) in [7, 11) is 0. The molecule has 4 aliphatic rings. The Hall–Kier alpha value is -0.160. The van der Waals surface area contributed by atoms with Gasteiger partial charge in [-0.1, -0.05) is 53.9 Å². The quantitative estimate of drug-likeness (QED) is 0.463. The second-order valence-electron chi connectivity index (χ2n) is 13.2. The van der Waals surface area contributed by atoms with E-state index in [-0.39, 0.29) is 6.42 Å². The van der Waals surface area contributed by atoms with Crippen LogP contribution in [-0.4, -0.2) is 37.9 Å². The summed E-state index contributed by atoms with van der Waals surface area (Å²) < 4.78 is 0. The lowest BCUT2D eigenvalue weighted by Crippen LogP contribution is -2.70. The first-order valence-electron chi connectivity index (χ1n) is 13.2. The number of aliphatic hydroxyl groups is 4. The summed E-state index contributed by atoms with van der Waals surface area (Å²) in [5, 5.41) is 43.4. The maximum atomic E-state index is 11.6. The number of hydrogen-bond donors (Lipinski definition) is 4. The fourth-order valence-corrected chi connectivity index (χ4v) is 9.29. The molecule has 0 heterocycles. The van der Waals surface area contributed by atoms with Gasteiger partial charge in [-0.25, -0.2) is 0 Å². The molecule has 4 heteroatoms. The minimum absolute atomic E-state index is 0.127. The molecule has 180 valence electrons. The molecule has 4 N–H and O–H groups in total. The van der Waals surface area contributed by atoms with Gasteiger partial charge in [0.15, 0.2) is 5.79 Å². The minimum atomic E-state index is -1.87. The monoisotopic (exact) mass is 436 g/mol. The molecular formula is C27H48O4. The lowest BCUT2D eigenvalue weighted by molar-refractivity contribution is -0.315. The molecule has 0 saturated heterocycles. The Morgan fingerprint density at radius 2 is 1.58 bits per heavy atom. The molecule has 4 nitrogen and oxygen atoms in total. The Morgan fingerprint density at radius 3 is 2.26 bits per heavy atom. The molecule has 0 amide bonds. The fraction of sp³-hybridized carbons (Fsp3) is 1.00. The largest absolute Gasteiger partial charge is 0.390 e. The van der Waals surface area contributed by atoms with Gasteiger partial charge < -0.3 is 20.4 Å². The van der Waals surface area contributed by atoms with E-state index in [1.807, 2.05) is 0 Å². The van der Waals surface area contributed by atoms with Crippen molar-refractivity contribution in [3.8, 4) is 0 Å². The summed E-state index contributed by atoms with van der Waals surface area (Å²) in [5.74, 6) is 1.87. The van der Waals surface area contributed by atoms with Crippen molar-refractivity contribution in [1.29, 1.82) is 0 Å². The van der Waals surface area contributed by atoms with E-state index < -0.39 is 22.9 Å². The second-order valence-corrected chi connectivity index (χ2v) is 13.2. The van der Waals surface area contributed by atoms with Crippen molar-refractivity contribution < 1.29 is 20.4 Å². The molecule has 9 atom stereocenters. The fourth-order valence-electron chi connectivity index (χ4n) is 9.29. The van der Waals surface area contributed by atoms with Gasteiger partial charge in [0.2, 0.25) is 0 Å². The average Bonchev–Trinajstić information content (AvgIpc) is 3.01. The highest BCUT2D eigenvalue weighted by molar-refractivity contribution is 5.17. The van der Waals surface area contributed by atoms with Crippen LogP contribution in [-0.2, 0) is 0 Å². The van der Waals surface area contributed by atoms with Gasteiger partial charge in [-0.2, -0.15) is 0 Å². The van der Waals surface area contributed by atoms with Gasteiger partial charge in [-0.3, -0.25) is 0 Å². The maximum Gasteiger partial charge on any atom is 0.165 e. The van der Waals surface area contributed by atoms with Crippen molar-refractivity contribution in [3.63, 3.8) is 0 Å². The van der Waals surface area contributed by atoms with Crippen molar-refractivity contribution in [3.05, 3.63) is 0 Å². The van der Waals surface area contributed by atoms with Crippen LogP contribution in [0.3, 0.4) is 0 Å². The molecule has 0 bridgehead atoms. The van der Waals surface area contributed by atoms with Gasteiger partial charge >= 0.3 is 0 Å². The van der Waals surface area contributed by atoms with Crippen LogP contribution in [0.4, 0.5) is 0 Å². The van der Waals surface area contributed by atoms with E-state index in [4.69, 9.17) is 0 Å². The third-order valence-corrected chi connectivity index (χ3v) is 11.1. The van der Waals surface area contributed by atoms with Gasteiger partial charge in [0, 0.05) is 18.3 Å². The van der Waals surface area contributed by atoms with Crippen LogP contribution in [0, 0.1) is 46.3 Å². The molecule has 4 saturated carbocycles. The van der Waals surface area contributed by atoms with Gasteiger partial charge in [-0.05, 0) is 79.4 Å². The Kier molecular flexibility index (Phi) is 6.16. The molecule has 0 radical (unpaired) electrons. The first-order valence-corrected chi connectivity index (χ1v) is 13.2. The zero-order chi connectivity index (χ0) is 22.8. The van der Waals surface area contributed by atoms with Crippen molar-refractivity contribution in [2.75, 3.05) is 0 Å². The summed E-state index contributed by atoms with van der Waals surface area (Å²) in [5.41, 5.74) is -1.49. The van der Waals surface area contributed by atoms with E-state index in [9.17, 15) is 20.4 Å². The first kappa shape index (κ1) is 24.0. The Labute approximate surface area is 189 Å². The minimum Gasteiger partial charge on any atom is -0.390 e. The highest BCUT2D eigenvalue weighted by atomic mass is 16.5. The summed E-state index contributed by atoms with van der Waals surface area (Å²) in [6.07, 6.45) is 9.33. The standard InChI is InChI=1S/C27H48O4/c1-17(2)7-6-8-18(3)20-9-10-21-19-15-23(28)27(31)16-26(29,30)14-13-25(27,5)22(19)11-12-24(20,21)4/h17-23,28-31H,6-16H2,1-5H3/t18-,19+,20-,21+,22+,23-,24-,25-,27+/m1/s1. The van der Waals surface area contributed by atoms with Gasteiger partial charge in [0.1, 0.15) is 5.60 Å². The molecule has 0 spiro atoms. The summed E-state index contributed by atoms with van der Waals surface area (Å²) in [6, 6.07) is 0. The van der Waals surface area contributed by atoms with Crippen LogP contribution in [0.1, 0.15) is 105 Å². The second kappa shape index (κ2) is 7.96. The van der Waals surface area contributed by atoms with E-state index in [1.54, 1.807) is 0 Å². The smallest absolute Gasteiger partial charge is 0.165 e. The molecule has 0 aromatic heterocycles. The van der Waals surface area contributed by atoms with E-state index in [0.29, 0.717) is 42.4 Å². The van der Waals surface area contributed by atoms with Crippen LogP contribution in [0.15, 0.2) is 0 Å². The van der Waals surface area contributed by atoms with Crippen LogP contribution >= 0.6 is 0 Å². The average molecular weight is 437 g/mol. The van der Waals surface area contributed by atoms with Gasteiger partial charge in [0.25, 0.3) is 0 Å². The summed E-state index contributed by atoms with van der Waals surface area (Å²) in [4.78, 5) is 0. The van der Waals surface area contributed by atoms with E-state index in [0.717, 1.165) is 24.2 Å². The molecule has 0 unspecified atom stereocenters. The molecule has 0 aromatic rings. The van der Waals surface area contributed by atoms with Crippen LogP contribution in [0.5, 0.6) is 0 Å². The zero-order valence-corrected chi connectivity index (χ0v) is 20.6. The Bertz CT molecular complexity index is 662. The third kappa shape index (κ3) is 3.72. The van der Waals surface area contributed by atoms with Crippen molar-refractivity contribution in [1.82, 2.24) is 0 Å². The summed E-state index contributed by atoms with van der Waals surface area (Å²) in [6.45, 7) is 11.8. The number of rotatable bonds is 5. The Balaban J connectivity index is 1.54. The van der Waals surface area contributed by atoms with E-state index >= 15 is 0 Å². The lowest BCUT2D eigenvalue weighted by Gasteiger charge is -2.66. The predicted octanol–water partition coefficient (Wildman–Crippen LogP) is 4.87. The van der Waals surface area contributed by atoms with Crippen molar-refractivity contribution in [2.45, 2.75) is 123 Å². The molecule has 4 aliphatic carbocycles. The van der Waals surface area contributed by atoms with Gasteiger partial charge in [-0.15, -0.1) is 0 Å². The SMILES string of the molecule is CC(C)CCC[C@@H](C)[C@H]1CC[C@H]2[C@@H]3C[C@@H](O)[C@@]4(O)CC(O)(O)CC[C@]4(C)[C@H]3CC[C@]12C. The van der Waals surface area contributed by atoms with Crippen LogP contribution < -0.4 is 0 Å². The number of fused-ring (bicyclic) bond motifs is 5. The van der Waals surface area contributed by atoms with Crippen LogP contribution in [0.2, 0.25) is 0 Å². The zero-order valence-electron chi connectivity index (χ0n) is 20.6. The van der Waals surface area contributed by atoms with Crippen LogP contribution in [0.25, 0.3) is 0 Å². The first-order chi connectivity index (χ1) is 14.3. The third-order valence-electron chi connectivity index (χ3n) is 11.1. The number of aliphatic hydroxyl groups excluding tert-OH is 1. The Morgan fingerprint density at radius 1 is 0.871 bits per heavy atom. The lowest BCUT2D eigenvalue weighted by atomic mass is 9.42. The molecule has 0 aliphatic heterocycles. The van der Waals surface area contributed by atoms with E-state index in [2.05, 4.69) is 34.6 Å². The molecule has 31 heavy (non-hydrogen) atoms. The predicted molar refractivity (Wildman–Crippen MR) is 123 cm³/mol. The van der Waals surface area contributed by atoms with Gasteiger partial charge in [0.05, 0.1) is 6.10 Å². The molecule has 0 aromatic carbocycles. The highest BCUT2D eigenvalue weighted by Crippen LogP contribution is 2.69. The summed E-state index contributed by atoms with van der Waals surface area (Å²) >= 11 is 0. The van der Waals surface area contributed by atoms with Crippen molar-refractivity contribution >= 4 is 0 Å². The number of hydrogen-bond acceptors (Lipinski definition) is 4. The normalized spacial score (nSPS) is 49.9. The molecular weight excluding hydrogens is 388 g/mol. The van der Waals surface area contributed by atoms with Crippen molar-refractivity contribution in [2.24, 2.45) is 46.3 Å². The van der Waals surface area contributed by atoms with E-state index in [1.165, 1.54) is 38.5 Å².